The molecule has 0 aliphatic carbocycles. The second kappa shape index (κ2) is 3.32. The maximum Gasteiger partial charge on any atom is 0.229 e. The van der Waals surface area contributed by atoms with Gasteiger partial charge in [0.05, 0.1) is 12.3 Å². The molecule has 2 aromatic rings. The number of hydrogen-bond donors (Lipinski definition) is 0. The highest BCUT2D eigenvalue weighted by Gasteiger charge is 2.18. The van der Waals surface area contributed by atoms with Crippen molar-refractivity contribution in [2.24, 2.45) is 0 Å². The molecule has 15 heavy (non-hydrogen) atoms. The fourth-order valence-corrected chi connectivity index (χ4v) is 1.96. The fraction of sp³-hybridized carbons (Fsp3) is 0.200. The summed E-state index contributed by atoms with van der Waals surface area (Å²) in [5.74, 6) is 0.741. The lowest BCUT2D eigenvalue weighted by Gasteiger charge is -2.06. The molecule has 0 radical (unpaired) electrons. The Balaban J connectivity index is 2.30. The van der Waals surface area contributed by atoms with E-state index < -0.39 is 0 Å². The first kappa shape index (κ1) is 8.88. The van der Waals surface area contributed by atoms with Crippen LogP contribution in [-0.2, 0) is 18.0 Å². The molecule has 1 aromatic heterocycles. The standard InChI is InChI=1S/C10H8ClN3O/c11-10-13-12-9-6-15-5-7-3-1-2-4-8(7)14(9)10/h1-4H,5-6H2. The lowest BCUT2D eigenvalue weighted by Crippen LogP contribution is -2.00. The van der Waals surface area contributed by atoms with Gasteiger partial charge < -0.3 is 4.74 Å². The minimum absolute atomic E-state index is 0.378. The SMILES string of the molecule is Clc1nnc2n1-c1ccccc1COC2. The summed E-state index contributed by atoms with van der Waals surface area (Å²) >= 11 is 5.99. The number of nitrogens with zero attached hydrogens (tertiary/aromatic N) is 3. The van der Waals surface area contributed by atoms with Gasteiger partial charge in [0.2, 0.25) is 5.28 Å². The summed E-state index contributed by atoms with van der Waals surface area (Å²) in [7, 11) is 0. The molecule has 0 N–H and O–H groups in total. The molecule has 0 spiro atoms. The number of halogens is 1. The van der Waals surface area contributed by atoms with Crippen LogP contribution in [0.25, 0.3) is 5.69 Å². The van der Waals surface area contributed by atoms with E-state index in [0.29, 0.717) is 18.5 Å². The molecular weight excluding hydrogens is 214 g/mol. The summed E-state index contributed by atoms with van der Waals surface area (Å²) in [6.45, 7) is 1.02. The van der Waals surface area contributed by atoms with E-state index in [1.165, 1.54) is 0 Å². The number of hydrogen-bond acceptors (Lipinski definition) is 3. The van der Waals surface area contributed by atoms with E-state index >= 15 is 0 Å². The number of benzene rings is 1. The zero-order valence-corrected chi connectivity index (χ0v) is 8.61. The van der Waals surface area contributed by atoms with E-state index in [-0.39, 0.29) is 0 Å². The summed E-state index contributed by atoms with van der Waals surface area (Å²) in [5, 5.41) is 8.19. The largest absolute Gasteiger partial charge is 0.369 e. The van der Waals surface area contributed by atoms with Crippen molar-refractivity contribution in [3.63, 3.8) is 0 Å². The molecule has 0 amide bonds. The van der Waals surface area contributed by atoms with E-state index in [9.17, 15) is 0 Å². The Morgan fingerprint density at radius 2 is 2.07 bits per heavy atom. The van der Waals surface area contributed by atoms with Crippen LogP contribution in [0.15, 0.2) is 24.3 Å². The summed E-state index contributed by atoms with van der Waals surface area (Å²) in [6, 6.07) is 7.94. The van der Waals surface area contributed by atoms with Crippen molar-refractivity contribution in [1.29, 1.82) is 0 Å². The van der Waals surface area contributed by atoms with Crippen molar-refractivity contribution in [1.82, 2.24) is 14.8 Å². The molecule has 0 fully saturated rings. The molecule has 0 unspecified atom stereocenters. The normalized spacial score (nSPS) is 14.2. The molecule has 1 aliphatic rings. The van der Waals surface area contributed by atoms with Crippen LogP contribution < -0.4 is 0 Å². The van der Waals surface area contributed by atoms with E-state index in [4.69, 9.17) is 16.3 Å². The maximum atomic E-state index is 5.99. The lowest BCUT2D eigenvalue weighted by atomic mass is 10.2. The average molecular weight is 222 g/mol. The summed E-state index contributed by atoms with van der Waals surface area (Å²) < 4.78 is 7.30. The average Bonchev–Trinajstić information content (AvgIpc) is 2.52. The Morgan fingerprint density at radius 1 is 1.20 bits per heavy atom. The Morgan fingerprint density at radius 3 is 3.00 bits per heavy atom. The predicted octanol–water partition coefficient (Wildman–Crippen LogP) is 1.95. The molecular formula is C10H8ClN3O. The van der Waals surface area contributed by atoms with Gasteiger partial charge in [-0.1, -0.05) is 18.2 Å². The van der Waals surface area contributed by atoms with Gasteiger partial charge in [0, 0.05) is 5.56 Å². The molecule has 2 heterocycles. The smallest absolute Gasteiger partial charge is 0.229 e. The number of aromatic nitrogens is 3. The second-order valence-corrected chi connectivity index (χ2v) is 3.68. The molecule has 0 saturated heterocycles. The van der Waals surface area contributed by atoms with Gasteiger partial charge in [0.25, 0.3) is 0 Å². The van der Waals surface area contributed by atoms with Crippen molar-refractivity contribution >= 4 is 11.6 Å². The highest BCUT2D eigenvalue weighted by molar-refractivity contribution is 6.28. The highest BCUT2D eigenvalue weighted by Crippen LogP contribution is 2.24. The Hall–Kier alpha value is -1.39. The van der Waals surface area contributed by atoms with Gasteiger partial charge in [0.1, 0.15) is 6.61 Å². The molecule has 3 rings (SSSR count). The molecule has 5 heteroatoms. The molecule has 0 saturated carbocycles. The summed E-state index contributed by atoms with van der Waals surface area (Å²) in [5.41, 5.74) is 2.10. The zero-order valence-electron chi connectivity index (χ0n) is 7.85. The van der Waals surface area contributed by atoms with E-state index in [1.807, 2.05) is 28.8 Å². The molecule has 1 aliphatic heterocycles. The van der Waals surface area contributed by atoms with Gasteiger partial charge in [-0.3, -0.25) is 4.57 Å². The predicted molar refractivity (Wildman–Crippen MR) is 54.9 cm³/mol. The summed E-state index contributed by atoms with van der Waals surface area (Å²) in [6.07, 6.45) is 0. The van der Waals surface area contributed by atoms with Crippen molar-refractivity contribution in [3.05, 3.63) is 40.9 Å². The highest BCUT2D eigenvalue weighted by atomic mass is 35.5. The quantitative estimate of drug-likeness (QED) is 0.683. The van der Waals surface area contributed by atoms with Crippen LogP contribution in [0.3, 0.4) is 0 Å². The van der Waals surface area contributed by atoms with Crippen molar-refractivity contribution in [2.45, 2.75) is 13.2 Å². The van der Waals surface area contributed by atoms with E-state index in [2.05, 4.69) is 10.2 Å². The van der Waals surface area contributed by atoms with Gasteiger partial charge in [-0.25, -0.2) is 0 Å². The van der Waals surface area contributed by atoms with Gasteiger partial charge in [-0.05, 0) is 17.7 Å². The Bertz CT molecular complexity index is 509. The van der Waals surface area contributed by atoms with E-state index in [1.54, 1.807) is 0 Å². The van der Waals surface area contributed by atoms with Crippen LogP contribution in [0.4, 0.5) is 0 Å². The molecule has 1 aromatic carbocycles. The van der Waals surface area contributed by atoms with Crippen LogP contribution in [0, 0.1) is 0 Å². The third kappa shape index (κ3) is 1.33. The third-order valence-electron chi connectivity index (χ3n) is 2.41. The van der Waals surface area contributed by atoms with Crippen molar-refractivity contribution in [3.8, 4) is 5.69 Å². The number of ether oxygens (including phenoxy) is 1. The monoisotopic (exact) mass is 221 g/mol. The van der Waals surface area contributed by atoms with Gasteiger partial charge in [-0.2, -0.15) is 0 Å². The van der Waals surface area contributed by atoms with E-state index in [0.717, 1.165) is 17.1 Å². The zero-order chi connectivity index (χ0) is 10.3. The Labute approximate surface area is 91.5 Å². The first-order valence-electron chi connectivity index (χ1n) is 4.62. The maximum absolute atomic E-state index is 5.99. The number of rotatable bonds is 0. The van der Waals surface area contributed by atoms with Gasteiger partial charge in [-0.15, -0.1) is 10.2 Å². The number of fused-ring (bicyclic) bond motifs is 3. The van der Waals surface area contributed by atoms with Crippen LogP contribution in [0.1, 0.15) is 11.4 Å². The van der Waals surface area contributed by atoms with Crippen molar-refractivity contribution < 1.29 is 4.74 Å². The molecule has 76 valence electrons. The fourth-order valence-electron chi connectivity index (χ4n) is 1.73. The van der Waals surface area contributed by atoms with Crippen LogP contribution in [0.2, 0.25) is 5.28 Å². The van der Waals surface area contributed by atoms with Crippen LogP contribution in [-0.4, -0.2) is 14.8 Å². The van der Waals surface area contributed by atoms with Crippen molar-refractivity contribution in [2.75, 3.05) is 0 Å². The lowest BCUT2D eigenvalue weighted by molar-refractivity contribution is 0.105. The first-order chi connectivity index (χ1) is 7.36. The van der Waals surface area contributed by atoms with Gasteiger partial charge in [0.15, 0.2) is 5.82 Å². The van der Waals surface area contributed by atoms with Crippen LogP contribution in [0.5, 0.6) is 0 Å². The molecule has 0 bridgehead atoms. The minimum Gasteiger partial charge on any atom is -0.369 e. The van der Waals surface area contributed by atoms with Gasteiger partial charge >= 0.3 is 0 Å². The summed E-state index contributed by atoms with van der Waals surface area (Å²) in [4.78, 5) is 0. The first-order valence-corrected chi connectivity index (χ1v) is 5.00. The Kier molecular flexibility index (Phi) is 1.97. The third-order valence-corrected chi connectivity index (χ3v) is 2.66. The topological polar surface area (TPSA) is 39.9 Å². The second-order valence-electron chi connectivity index (χ2n) is 3.34. The molecule has 4 nitrogen and oxygen atoms in total. The minimum atomic E-state index is 0.378. The van der Waals surface area contributed by atoms with Crippen LogP contribution >= 0.6 is 11.6 Å². The number of para-hydroxylation sites is 1. The molecule has 0 atom stereocenters.